The predicted octanol–water partition coefficient (Wildman–Crippen LogP) is 0.977. The molecule has 0 spiro atoms. The third-order valence-electron chi connectivity index (χ3n) is 4.62. The van der Waals surface area contributed by atoms with E-state index in [4.69, 9.17) is 15.2 Å². The van der Waals surface area contributed by atoms with E-state index in [-0.39, 0.29) is 23.8 Å². The Bertz CT molecular complexity index is 576. The number of primary amides is 1. The van der Waals surface area contributed by atoms with E-state index >= 15 is 0 Å². The molecule has 2 aliphatic heterocycles. The van der Waals surface area contributed by atoms with Crippen LogP contribution in [0.2, 0.25) is 0 Å². The first-order valence-electron chi connectivity index (χ1n) is 8.42. The average molecular weight is 333 g/mol. The molecule has 1 aromatic heterocycles. The number of likely N-dealkylation sites (tertiary alicyclic amines) is 1. The van der Waals surface area contributed by atoms with Crippen molar-refractivity contribution >= 4 is 11.8 Å². The number of carbonyl (C=O) groups is 2. The highest BCUT2D eigenvalue weighted by atomic mass is 16.5. The van der Waals surface area contributed by atoms with E-state index in [2.05, 4.69) is 4.98 Å². The predicted molar refractivity (Wildman–Crippen MR) is 86.5 cm³/mol. The van der Waals surface area contributed by atoms with E-state index < -0.39 is 0 Å². The van der Waals surface area contributed by atoms with Crippen molar-refractivity contribution in [2.75, 3.05) is 26.3 Å². The molecule has 130 valence electrons. The fraction of sp³-hybridized carbons (Fsp3) is 0.588. The fourth-order valence-electron chi connectivity index (χ4n) is 3.09. The van der Waals surface area contributed by atoms with Crippen molar-refractivity contribution in [3.8, 4) is 5.88 Å². The van der Waals surface area contributed by atoms with Crippen LogP contribution in [0.5, 0.6) is 5.88 Å². The summed E-state index contributed by atoms with van der Waals surface area (Å²) in [6, 6.07) is 3.48. The Balaban J connectivity index is 1.55. The quantitative estimate of drug-likeness (QED) is 0.886. The zero-order valence-electron chi connectivity index (χ0n) is 13.6. The number of nitrogens with zero attached hydrogens (tertiary/aromatic N) is 2. The van der Waals surface area contributed by atoms with Crippen LogP contribution >= 0.6 is 0 Å². The van der Waals surface area contributed by atoms with Gasteiger partial charge in [-0.05, 0) is 18.9 Å². The summed E-state index contributed by atoms with van der Waals surface area (Å²) in [4.78, 5) is 29.7. The van der Waals surface area contributed by atoms with Gasteiger partial charge in [-0.2, -0.15) is 0 Å². The first kappa shape index (κ1) is 16.7. The van der Waals surface area contributed by atoms with Gasteiger partial charge in [0.1, 0.15) is 6.10 Å². The van der Waals surface area contributed by atoms with Gasteiger partial charge < -0.3 is 20.1 Å². The third-order valence-corrected chi connectivity index (χ3v) is 4.62. The number of ether oxygens (including phenoxy) is 2. The number of rotatable bonds is 4. The molecule has 3 heterocycles. The molecule has 0 bridgehead atoms. The van der Waals surface area contributed by atoms with Crippen LogP contribution in [-0.4, -0.2) is 54.1 Å². The van der Waals surface area contributed by atoms with Gasteiger partial charge >= 0.3 is 0 Å². The molecule has 0 unspecified atom stereocenters. The first-order chi connectivity index (χ1) is 11.6. The minimum atomic E-state index is -0.279. The molecule has 0 saturated carbocycles. The van der Waals surface area contributed by atoms with Gasteiger partial charge in [-0.3, -0.25) is 9.59 Å². The lowest BCUT2D eigenvalue weighted by Crippen LogP contribution is -2.41. The molecule has 2 amide bonds. The summed E-state index contributed by atoms with van der Waals surface area (Å²) in [5, 5.41) is 0. The van der Waals surface area contributed by atoms with Crippen LogP contribution in [0.1, 0.15) is 36.0 Å². The Morgan fingerprint density at radius 2 is 1.88 bits per heavy atom. The lowest BCUT2D eigenvalue weighted by Gasteiger charge is -2.30. The maximum atomic E-state index is 12.5. The molecule has 24 heavy (non-hydrogen) atoms. The summed E-state index contributed by atoms with van der Waals surface area (Å²) >= 11 is 0. The normalized spacial score (nSPS) is 19.9. The van der Waals surface area contributed by atoms with E-state index in [1.54, 1.807) is 23.2 Å². The summed E-state index contributed by atoms with van der Waals surface area (Å²) < 4.78 is 11.1. The van der Waals surface area contributed by atoms with Gasteiger partial charge in [0.15, 0.2) is 0 Å². The summed E-state index contributed by atoms with van der Waals surface area (Å²) in [7, 11) is 0. The van der Waals surface area contributed by atoms with Gasteiger partial charge in [0.25, 0.3) is 5.91 Å². The highest BCUT2D eigenvalue weighted by Crippen LogP contribution is 2.20. The van der Waals surface area contributed by atoms with E-state index in [1.807, 2.05) is 0 Å². The van der Waals surface area contributed by atoms with Gasteiger partial charge in [0.05, 0.1) is 18.8 Å². The van der Waals surface area contributed by atoms with Crippen molar-refractivity contribution < 1.29 is 19.1 Å². The number of piperidine rings is 1. The van der Waals surface area contributed by atoms with Gasteiger partial charge in [-0.25, -0.2) is 4.98 Å². The van der Waals surface area contributed by atoms with E-state index in [0.717, 1.165) is 12.8 Å². The minimum absolute atomic E-state index is 0.0666. The van der Waals surface area contributed by atoms with E-state index in [1.165, 1.54) is 0 Å². The molecule has 0 radical (unpaired) electrons. The van der Waals surface area contributed by atoms with E-state index in [0.29, 0.717) is 50.6 Å². The zero-order chi connectivity index (χ0) is 16.9. The largest absolute Gasteiger partial charge is 0.474 e. The van der Waals surface area contributed by atoms with Crippen LogP contribution in [0.25, 0.3) is 0 Å². The van der Waals surface area contributed by atoms with Gasteiger partial charge in [-0.1, -0.05) is 0 Å². The highest BCUT2D eigenvalue weighted by molar-refractivity contribution is 5.94. The van der Waals surface area contributed by atoms with Crippen LogP contribution in [0.3, 0.4) is 0 Å². The summed E-state index contributed by atoms with van der Waals surface area (Å²) in [5.74, 6) is 0.0646. The van der Waals surface area contributed by atoms with E-state index in [9.17, 15) is 9.59 Å². The number of pyridine rings is 1. The second kappa shape index (κ2) is 7.61. The molecule has 7 nitrogen and oxygen atoms in total. The fourth-order valence-corrected chi connectivity index (χ4v) is 3.09. The Morgan fingerprint density at radius 1 is 1.17 bits per heavy atom. The molecule has 0 atom stereocenters. The standard InChI is InChI=1S/C17H23N3O4/c18-16(21)12-3-7-20(8-4-12)17(22)13-1-2-15(19-11-13)24-14-5-9-23-10-6-14/h1-2,11-12,14H,3-10H2,(H2,18,21). The second-order valence-corrected chi connectivity index (χ2v) is 6.28. The molecule has 2 N–H and O–H groups in total. The molecule has 7 heteroatoms. The SMILES string of the molecule is NC(=O)C1CCN(C(=O)c2ccc(OC3CCOCC3)nc2)CC1. The molecule has 2 fully saturated rings. The monoisotopic (exact) mass is 333 g/mol. The van der Waals surface area contributed by atoms with Crippen molar-refractivity contribution in [1.29, 1.82) is 0 Å². The molecule has 2 saturated heterocycles. The Morgan fingerprint density at radius 3 is 2.46 bits per heavy atom. The summed E-state index contributed by atoms with van der Waals surface area (Å²) in [6.45, 7) is 2.52. The lowest BCUT2D eigenvalue weighted by atomic mass is 9.96. The van der Waals surface area contributed by atoms with Gasteiger partial charge in [0, 0.05) is 44.1 Å². The molecular formula is C17H23N3O4. The van der Waals surface area contributed by atoms with Gasteiger partial charge in [-0.15, -0.1) is 0 Å². The van der Waals surface area contributed by atoms with Crippen molar-refractivity contribution in [3.05, 3.63) is 23.9 Å². The minimum Gasteiger partial charge on any atom is -0.474 e. The van der Waals surface area contributed by atoms with Crippen LogP contribution in [0.15, 0.2) is 18.3 Å². The van der Waals surface area contributed by atoms with Crippen LogP contribution in [0, 0.1) is 5.92 Å². The zero-order valence-corrected chi connectivity index (χ0v) is 13.6. The topological polar surface area (TPSA) is 94.8 Å². The van der Waals surface area contributed by atoms with Crippen LogP contribution < -0.4 is 10.5 Å². The Hall–Kier alpha value is -2.15. The average Bonchev–Trinajstić information content (AvgIpc) is 2.63. The van der Waals surface area contributed by atoms with Crippen molar-refractivity contribution in [2.45, 2.75) is 31.8 Å². The Kier molecular flexibility index (Phi) is 5.30. The van der Waals surface area contributed by atoms with Crippen LogP contribution in [-0.2, 0) is 9.53 Å². The highest BCUT2D eigenvalue weighted by Gasteiger charge is 2.26. The lowest BCUT2D eigenvalue weighted by molar-refractivity contribution is -0.123. The molecular weight excluding hydrogens is 310 g/mol. The molecule has 0 aromatic carbocycles. The number of carbonyl (C=O) groups excluding carboxylic acids is 2. The number of aromatic nitrogens is 1. The second-order valence-electron chi connectivity index (χ2n) is 6.28. The molecule has 3 rings (SSSR count). The Labute approximate surface area is 141 Å². The third kappa shape index (κ3) is 4.03. The van der Waals surface area contributed by atoms with Crippen molar-refractivity contribution in [3.63, 3.8) is 0 Å². The number of hydrogen-bond acceptors (Lipinski definition) is 5. The van der Waals surface area contributed by atoms with Crippen LogP contribution in [0.4, 0.5) is 0 Å². The number of amides is 2. The smallest absolute Gasteiger partial charge is 0.255 e. The number of nitrogens with two attached hydrogens (primary N) is 1. The molecule has 2 aliphatic rings. The van der Waals surface area contributed by atoms with Gasteiger partial charge in [0.2, 0.25) is 11.8 Å². The van der Waals surface area contributed by atoms with Crippen molar-refractivity contribution in [1.82, 2.24) is 9.88 Å². The maximum Gasteiger partial charge on any atom is 0.255 e. The molecule has 0 aliphatic carbocycles. The summed E-state index contributed by atoms with van der Waals surface area (Å²) in [6.07, 6.45) is 4.64. The first-order valence-corrected chi connectivity index (χ1v) is 8.42. The molecule has 1 aromatic rings. The number of hydrogen-bond donors (Lipinski definition) is 1. The maximum absolute atomic E-state index is 12.5. The summed E-state index contributed by atoms with van der Waals surface area (Å²) in [5.41, 5.74) is 5.85. The van der Waals surface area contributed by atoms with Crippen molar-refractivity contribution in [2.24, 2.45) is 11.7 Å².